The fourth-order valence-corrected chi connectivity index (χ4v) is 4.05. The molecule has 0 aliphatic carbocycles. The van der Waals surface area contributed by atoms with Crippen LogP contribution in [0.2, 0.25) is 0 Å². The van der Waals surface area contributed by atoms with E-state index in [9.17, 15) is 9.59 Å². The average Bonchev–Trinajstić information content (AvgIpc) is 3.10. The van der Waals surface area contributed by atoms with Crippen molar-refractivity contribution in [3.8, 4) is 11.5 Å². The normalized spacial score (nSPS) is 13.0. The van der Waals surface area contributed by atoms with Crippen molar-refractivity contribution in [1.82, 2.24) is 0 Å². The second-order valence-corrected chi connectivity index (χ2v) is 8.32. The van der Waals surface area contributed by atoms with Crippen molar-refractivity contribution in [2.75, 3.05) is 18.1 Å². The number of amides is 1. The third-order valence-electron chi connectivity index (χ3n) is 5.45. The van der Waals surface area contributed by atoms with Gasteiger partial charge in [-0.1, -0.05) is 50.2 Å². The number of ether oxygens (including phenoxy) is 2. The number of hydrogen-bond acceptors (Lipinski definition) is 4. The van der Waals surface area contributed by atoms with Crippen LogP contribution in [0.5, 0.6) is 11.5 Å². The molecule has 32 heavy (non-hydrogen) atoms. The fraction of sp³-hybridized carbons (Fsp3) is 0.308. The number of carboxylic acids is 1. The number of fused-ring (bicyclic) bond motifs is 2. The summed E-state index contributed by atoms with van der Waals surface area (Å²) in [5, 5.41) is 10.8. The molecule has 1 N–H and O–H groups in total. The maximum atomic E-state index is 13.6. The number of carbonyl (C=O) groups excluding carboxylic acids is 1. The van der Waals surface area contributed by atoms with E-state index < -0.39 is 5.97 Å². The number of carbonyl (C=O) groups is 2. The van der Waals surface area contributed by atoms with E-state index in [-0.39, 0.29) is 12.3 Å². The largest absolute Gasteiger partial charge is 0.492 e. The van der Waals surface area contributed by atoms with Crippen molar-refractivity contribution in [3.05, 3.63) is 65.2 Å². The first-order chi connectivity index (χ1) is 15.4. The maximum Gasteiger partial charge on any atom is 0.307 e. The van der Waals surface area contributed by atoms with E-state index in [1.54, 1.807) is 29.2 Å². The lowest BCUT2D eigenvalue weighted by Crippen LogP contribution is -2.23. The Morgan fingerprint density at radius 1 is 1.03 bits per heavy atom. The molecule has 3 aromatic rings. The van der Waals surface area contributed by atoms with Crippen molar-refractivity contribution in [3.63, 3.8) is 0 Å². The molecule has 0 fully saturated rings. The molecule has 3 aromatic carbocycles. The quantitative estimate of drug-likeness (QED) is 0.537. The van der Waals surface area contributed by atoms with Gasteiger partial charge in [-0.05, 0) is 30.5 Å². The van der Waals surface area contributed by atoms with Crippen molar-refractivity contribution in [1.29, 1.82) is 0 Å². The number of aliphatic carboxylic acids is 1. The van der Waals surface area contributed by atoms with Gasteiger partial charge in [-0.3, -0.25) is 9.59 Å². The molecule has 6 nitrogen and oxygen atoms in total. The van der Waals surface area contributed by atoms with Crippen LogP contribution >= 0.6 is 0 Å². The van der Waals surface area contributed by atoms with E-state index in [4.69, 9.17) is 14.6 Å². The molecule has 166 valence electrons. The third-order valence-corrected chi connectivity index (χ3v) is 5.45. The topological polar surface area (TPSA) is 76.1 Å². The lowest BCUT2D eigenvalue weighted by atomic mass is 9.99. The summed E-state index contributed by atoms with van der Waals surface area (Å²) in [7, 11) is 0. The van der Waals surface area contributed by atoms with Gasteiger partial charge in [-0.2, -0.15) is 0 Å². The van der Waals surface area contributed by atoms with Crippen molar-refractivity contribution in [2.45, 2.75) is 33.7 Å². The number of anilines is 1. The first kappa shape index (κ1) is 21.7. The highest BCUT2D eigenvalue weighted by molar-refractivity contribution is 6.16. The average molecular weight is 434 g/mol. The first-order valence-corrected chi connectivity index (χ1v) is 10.9. The summed E-state index contributed by atoms with van der Waals surface area (Å²) in [6.45, 7) is 7.44. The SMILES string of the molecule is CCOc1c2c(c(OCC(C)C)c3ccccc13)CN(c1ccc(CC(=O)O)cc1)C2=O. The Balaban J connectivity index is 1.82. The zero-order chi connectivity index (χ0) is 22.8. The molecule has 0 unspecified atom stereocenters. The maximum absolute atomic E-state index is 13.6. The second kappa shape index (κ2) is 8.91. The zero-order valence-electron chi connectivity index (χ0n) is 18.6. The van der Waals surface area contributed by atoms with Crippen LogP contribution in [0, 0.1) is 5.92 Å². The van der Waals surface area contributed by atoms with Crippen molar-refractivity contribution < 1.29 is 24.2 Å². The Labute approximate surface area is 187 Å². The number of carboxylic acid groups (broad SMARTS) is 1. The Hall–Kier alpha value is -3.54. The molecule has 0 saturated carbocycles. The van der Waals surface area contributed by atoms with Crippen LogP contribution in [-0.4, -0.2) is 30.2 Å². The minimum Gasteiger partial charge on any atom is -0.492 e. The van der Waals surface area contributed by atoms with Crippen molar-refractivity contribution >= 4 is 28.3 Å². The van der Waals surface area contributed by atoms with Gasteiger partial charge >= 0.3 is 5.97 Å². The minimum absolute atomic E-state index is 0.0540. The van der Waals surface area contributed by atoms with E-state index in [0.717, 1.165) is 22.1 Å². The predicted octanol–water partition coefficient (Wildman–Crippen LogP) is 5.06. The van der Waals surface area contributed by atoms with Gasteiger partial charge < -0.3 is 19.5 Å². The van der Waals surface area contributed by atoms with Crippen LogP contribution in [0.25, 0.3) is 10.8 Å². The molecule has 4 rings (SSSR count). The Bertz CT molecular complexity index is 1170. The van der Waals surface area contributed by atoms with Gasteiger partial charge in [0.2, 0.25) is 0 Å². The summed E-state index contributed by atoms with van der Waals surface area (Å²) in [5.41, 5.74) is 2.76. The Morgan fingerprint density at radius 2 is 1.69 bits per heavy atom. The number of hydrogen-bond donors (Lipinski definition) is 1. The monoisotopic (exact) mass is 433 g/mol. The summed E-state index contributed by atoms with van der Waals surface area (Å²) in [5.74, 6) is 0.624. The van der Waals surface area contributed by atoms with Crippen LogP contribution in [0.1, 0.15) is 42.3 Å². The van der Waals surface area contributed by atoms with Crippen LogP contribution in [0.15, 0.2) is 48.5 Å². The lowest BCUT2D eigenvalue weighted by Gasteiger charge is -2.18. The second-order valence-electron chi connectivity index (χ2n) is 8.32. The Morgan fingerprint density at radius 3 is 2.28 bits per heavy atom. The highest BCUT2D eigenvalue weighted by Crippen LogP contribution is 2.46. The molecule has 1 amide bonds. The molecule has 1 aliphatic rings. The van der Waals surface area contributed by atoms with Gasteiger partial charge in [0.25, 0.3) is 5.91 Å². The van der Waals surface area contributed by atoms with E-state index >= 15 is 0 Å². The lowest BCUT2D eigenvalue weighted by molar-refractivity contribution is -0.136. The van der Waals surface area contributed by atoms with Gasteiger partial charge in [0, 0.05) is 22.0 Å². The predicted molar refractivity (Wildman–Crippen MR) is 124 cm³/mol. The summed E-state index contributed by atoms with van der Waals surface area (Å²) in [4.78, 5) is 26.3. The summed E-state index contributed by atoms with van der Waals surface area (Å²) in [6, 6.07) is 14.9. The molecule has 1 heterocycles. The van der Waals surface area contributed by atoms with Crippen LogP contribution < -0.4 is 14.4 Å². The molecule has 0 bridgehead atoms. The molecule has 0 radical (unpaired) electrons. The highest BCUT2D eigenvalue weighted by atomic mass is 16.5. The smallest absolute Gasteiger partial charge is 0.307 e. The van der Waals surface area contributed by atoms with Crippen LogP contribution in [-0.2, 0) is 17.8 Å². The van der Waals surface area contributed by atoms with E-state index in [1.165, 1.54) is 0 Å². The zero-order valence-corrected chi connectivity index (χ0v) is 18.6. The molecule has 0 saturated heterocycles. The summed E-state index contributed by atoms with van der Waals surface area (Å²) in [6.07, 6.45) is -0.0540. The van der Waals surface area contributed by atoms with Gasteiger partial charge in [-0.15, -0.1) is 0 Å². The van der Waals surface area contributed by atoms with Gasteiger partial charge in [0.1, 0.15) is 11.5 Å². The van der Waals surface area contributed by atoms with E-state index in [1.807, 2.05) is 31.2 Å². The number of benzene rings is 3. The molecule has 1 aliphatic heterocycles. The molecular weight excluding hydrogens is 406 g/mol. The van der Waals surface area contributed by atoms with Crippen LogP contribution in [0.4, 0.5) is 5.69 Å². The summed E-state index contributed by atoms with van der Waals surface area (Å²) < 4.78 is 12.2. The standard InChI is InChI=1S/C26H27NO5/c1-4-31-25-20-8-6-5-7-19(20)24(32-15-16(2)3)21-14-27(26(30)23(21)25)18-11-9-17(10-12-18)13-22(28)29/h5-12,16H,4,13-15H2,1-3H3,(H,28,29). The molecular formula is C26H27NO5. The fourth-order valence-electron chi connectivity index (χ4n) is 4.05. The highest BCUT2D eigenvalue weighted by Gasteiger charge is 2.36. The van der Waals surface area contributed by atoms with E-state index in [2.05, 4.69) is 13.8 Å². The van der Waals surface area contributed by atoms with Crippen molar-refractivity contribution in [2.24, 2.45) is 5.92 Å². The molecule has 0 atom stereocenters. The van der Waals surface area contributed by atoms with Gasteiger partial charge in [0.15, 0.2) is 0 Å². The summed E-state index contributed by atoms with van der Waals surface area (Å²) >= 11 is 0. The molecule has 6 heteroatoms. The van der Waals surface area contributed by atoms with Gasteiger partial charge in [0.05, 0.1) is 31.7 Å². The minimum atomic E-state index is -0.887. The van der Waals surface area contributed by atoms with E-state index in [0.29, 0.717) is 48.2 Å². The van der Waals surface area contributed by atoms with Gasteiger partial charge in [-0.25, -0.2) is 0 Å². The first-order valence-electron chi connectivity index (χ1n) is 10.9. The third kappa shape index (κ3) is 4.00. The van der Waals surface area contributed by atoms with Crippen LogP contribution in [0.3, 0.4) is 0 Å². The molecule has 0 aromatic heterocycles. The Kier molecular flexibility index (Phi) is 6.04. The molecule has 0 spiro atoms. The number of rotatable bonds is 8. The number of nitrogens with zero attached hydrogens (tertiary/aromatic N) is 1.